The van der Waals surface area contributed by atoms with Gasteiger partial charge >= 0.3 is 0 Å². The number of hydrogen-bond donors (Lipinski definition) is 3. The molecule has 0 aliphatic carbocycles. The summed E-state index contributed by atoms with van der Waals surface area (Å²) in [6, 6.07) is 13.6. The number of guanidine groups is 1. The van der Waals surface area contributed by atoms with Crippen molar-refractivity contribution in [3.05, 3.63) is 71.2 Å². The number of rotatable bonds is 8. The standard InChI is InChI=1S/C23H30FN5/c1-4-25-23(26-12-11-18-15-27-22-8-6-5-7-20(18)22)28-14-17-9-10-21(24)19(13-17)16-29(2)3/h5-10,13,15,27H,4,11-12,14,16H2,1-3H3,(H2,25,26,28). The van der Waals surface area contributed by atoms with Crippen molar-refractivity contribution in [1.29, 1.82) is 0 Å². The first-order valence-corrected chi connectivity index (χ1v) is 10.1. The van der Waals surface area contributed by atoms with Gasteiger partial charge < -0.3 is 20.5 Å². The molecule has 154 valence electrons. The fraction of sp³-hybridized carbons (Fsp3) is 0.348. The van der Waals surface area contributed by atoms with Gasteiger partial charge in [-0.25, -0.2) is 9.38 Å². The maximum absolute atomic E-state index is 14.0. The Kier molecular flexibility index (Phi) is 7.25. The minimum absolute atomic E-state index is 0.171. The second-order valence-electron chi connectivity index (χ2n) is 7.39. The van der Waals surface area contributed by atoms with Crippen molar-refractivity contribution in [2.24, 2.45) is 4.99 Å². The van der Waals surface area contributed by atoms with Crippen molar-refractivity contribution >= 4 is 16.9 Å². The van der Waals surface area contributed by atoms with Crippen LogP contribution in [0.5, 0.6) is 0 Å². The summed E-state index contributed by atoms with van der Waals surface area (Å²) in [5.74, 6) is 0.598. The molecular weight excluding hydrogens is 365 g/mol. The Bertz CT molecular complexity index is 961. The highest BCUT2D eigenvalue weighted by Gasteiger charge is 2.06. The van der Waals surface area contributed by atoms with Gasteiger partial charge in [0.15, 0.2) is 5.96 Å². The maximum atomic E-state index is 14.0. The number of benzene rings is 2. The largest absolute Gasteiger partial charge is 0.361 e. The minimum atomic E-state index is -0.171. The van der Waals surface area contributed by atoms with Crippen LogP contribution >= 0.6 is 0 Å². The van der Waals surface area contributed by atoms with Crippen molar-refractivity contribution in [2.75, 3.05) is 27.2 Å². The molecule has 1 aromatic heterocycles. The number of para-hydroxylation sites is 1. The Labute approximate surface area is 172 Å². The highest BCUT2D eigenvalue weighted by atomic mass is 19.1. The van der Waals surface area contributed by atoms with Gasteiger partial charge in [0.25, 0.3) is 0 Å². The molecule has 5 nitrogen and oxygen atoms in total. The molecule has 0 unspecified atom stereocenters. The number of aromatic nitrogens is 1. The molecule has 0 aliphatic heterocycles. The third-order valence-electron chi connectivity index (χ3n) is 4.72. The Balaban J connectivity index is 1.61. The molecular formula is C23H30FN5. The number of hydrogen-bond acceptors (Lipinski definition) is 2. The van der Waals surface area contributed by atoms with Gasteiger partial charge in [-0.2, -0.15) is 0 Å². The number of aliphatic imine (C=N–C) groups is 1. The summed E-state index contributed by atoms with van der Waals surface area (Å²) in [4.78, 5) is 9.94. The number of halogens is 1. The number of nitrogens with zero attached hydrogens (tertiary/aromatic N) is 2. The molecule has 2 aromatic carbocycles. The normalized spacial score (nSPS) is 12.0. The molecule has 0 saturated heterocycles. The van der Waals surface area contributed by atoms with E-state index in [-0.39, 0.29) is 5.82 Å². The predicted molar refractivity (Wildman–Crippen MR) is 119 cm³/mol. The van der Waals surface area contributed by atoms with Crippen LogP contribution in [0.25, 0.3) is 10.9 Å². The zero-order valence-electron chi connectivity index (χ0n) is 17.4. The smallest absolute Gasteiger partial charge is 0.191 e. The van der Waals surface area contributed by atoms with Gasteiger partial charge in [0.2, 0.25) is 0 Å². The summed E-state index contributed by atoms with van der Waals surface area (Å²) in [6.07, 6.45) is 2.97. The van der Waals surface area contributed by atoms with Crippen LogP contribution in [0.1, 0.15) is 23.6 Å². The zero-order chi connectivity index (χ0) is 20.6. The molecule has 3 rings (SSSR count). The van der Waals surface area contributed by atoms with E-state index in [1.54, 1.807) is 6.07 Å². The van der Waals surface area contributed by atoms with Crippen molar-refractivity contribution < 1.29 is 4.39 Å². The molecule has 0 bridgehead atoms. The van der Waals surface area contributed by atoms with E-state index in [0.717, 1.165) is 36.6 Å². The van der Waals surface area contributed by atoms with Gasteiger partial charge in [-0.3, -0.25) is 0 Å². The van der Waals surface area contributed by atoms with Crippen molar-refractivity contribution in [1.82, 2.24) is 20.5 Å². The highest BCUT2D eigenvalue weighted by Crippen LogP contribution is 2.17. The summed E-state index contributed by atoms with van der Waals surface area (Å²) < 4.78 is 14.0. The summed E-state index contributed by atoms with van der Waals surface area (Å²) in [6.45, 7) is 4.69. The van der Waals surface area contributed by atoms with Crippen molar-refractivity contribution in [3.8, 4) is 0 Å². The molecule has 6 heteroatoms. The Hall–Kier alpha value is -2.86. The molecule has 1 heterocycles. The quantitative estimate of drug-likeness (QED) is 0.403. The minimum Gasteiger partial charge on any atom is -0.361 e. The Morgan fingerprint density at radius 3 is 2.72 bits per heavy atom. The van der Waals surface area contributed by atoms with E-state index in [2.05, 4.69) is 45.0 Å². The van der Waals surface area contributed by atoms with E-state index in [0.29, 0.717) is 18.7 Å². The second-order valence-corrected chi connectivity index (χ2v) is 7.39. The molecule has 29 heavy (non-hydrogen) atoms. The fourth-order valence-corrected chi connectivity index (χ4v) is 3.35. The first-order chi connectivity index (χ1) is 14.1. The predicted octanol–water partition coefficient (Wildman–Crippen LogP) is 3.67. The average Bonchev–Trinajstić information content (AvgIpc) is 3.11. The SMILES string of the molecule is CCNC(=NCc1ccc(F)c(CN(C)C)c1)NCCc1c[nH]c2ccccc12. The van der Waals surface area contributed by atoms with E-state index in [1.165, 1.54) is 17.0 Å². The summed E-state index contributed by atoms with van der Waals surface area (Å²) in [5.41, 5.74) is 4.14. The van der Waals surface area contributed by atoms with Crippen molar-refractivity contribution in [2.45, 2.75) is 26.4 Å². The Morgan fingerprint density at radius 1 is 1.10 bits per heavy atom. The molecule has 0 fully saturated rings. The van der Waals surface area contributed by atoms with E-state index < -0.39 is 0 Å². The molecule has 0 atom stereocenters. The fourth-order valence-electron chi connectivity index (χ4n) is 3.35. The van der Waals surface area contributed by atoms with E-state index in [4.69, 9.17) is 0 Å². The van der Waals surface area contributed by atoms with Gasteiger partial charge in [-0.05, 0) is 56.8 Å². The van der Waals surface area contributed by atoms with Gasteiger partial charge in [0, 0.05) is 42.3 Å². The third kappa shape index (κ3) is 5.81. The lowest BCUT2D eigenvalue weighted by atomic mass is 10.1. The molecule has 0 spiro atoms. The Morgan fingerprint density at radius 2 is 1.93 bits per heavy atom. The summed E-state index contributed by atoms with van der Waals surface area (Å²) >= 11 is 0. The van der Waals surface area contributed by atoms with Crippen LogP contribution in [0.2, 0.25) is 0 Å². The van der Waals surface area contributed by atoms with Gasteiger partial charge in [-0.15, -0.1) is 0 Å². The molecule has 3 aromatic rings. The van der Waals surface area contributed by atoms with Crippen LogP contribution in [-0.2, 0) is 19.5 Å². The lowest BCUT2D eigenvalue weighted by Crippen LogP contribution is -2.38. The average molecular weight is 396 g/mol. The van der Waals surface area contributed by atoms with Crippen LogP contribution in [-0.4, -0.2) is 43.0 Å². The highest BCUT2D eigenvalue weighted by molar-refractivity contribution is 5.83. The molecule has 0 amide bonds. The monoisotopic (exact) mass is 395 g/mol. The third-order valence-corrected chi connectivity index (χ3v) is 4.72. The number of H-pyrrole nitrogens is 1. The lowest BCUT2D eigenvalue weighted by molar-refractivity contribution is 0.392. The maximum Gasteiger partial charge on any atom is 0.191 e. The van der Waals surface area contributed by atoms with Crippen LogP contribution in [0, 0.1) is 5.82 Å². The van der Waals surface area contributed by atoms with Crippen molar-refractivity contribution in [3.63, 3.8) is 0 Å². The number of fused-ring (bicyclic) bond motifs is 1. The van der Waals surface area contributed by atoms with E-state index >= 15 is 0 Å². The molecule has 0 radical (unpaired) electrons. The van der Waals surface area contributed by atoms with Gasteiger partial charge in [-0.1, -0.05) is 24.3 Å². The van der Waals surface area contributed by atoms with Crippen LogP contribution in [0.4, 0.5) is 4.39 Å². The lowest BCUT2D eigenvalue weighted by Gasteiger charge is -2.13. The molecule has 3 N–H and O–H groups in total. The topological polar surface area (TPSA) is 55.5 Å². The second kappa shape index (κ2) is 10.1. The van der Waals surface area contributed by atoms with Crippen LogP contribution in [0.15, 0.2) is 53.7 Å². The number of aromatic amines is 1. The summed E-state index contributed by atoms with van der Waals surface area (Å²) in [7, 11) is 3.87. The zero-order valence-corrected chi connectivity index (χ0v) is 17.4. The first kappa shape index (κ1) is 20.9. The van der Waals surface area contributed by atoms with Gasteiger partial charge in [0.1, 0.15) is 5.82 Å². The first-order valence-electron chi connectivity index (χ1n) is 10.1. The van der Waals surface area contributed by atoms with Crippen LogP contribution in [0.3, 0.4) is 0 Å². The number of nitrogens with one attached hydrogen (secondary N) is 3. The van der Waals surface area contributed by atoms with Gasteiger partial charge in [0.05, 0.1) is 6.54 Å². The van der Waals surface area contributed by atoms with E-state index in [1.807, 2.05) is 38.1 Å². The van der Waals surface area contributed by atoms with Crippen LogP contribution < -0.4 is 10.6 Å². The molecule has 0 saturated carbocycles. The summed E-state index contributed by atoms with van der Waals surface area (Å²) in [5, 5.41) is 7.93. The molecule has 0 aliphatic rings. The van der Waals surface area contributed by atoms with E-state index in [9.17, 15) is 4.39 Å².